The molecule has 4 nitrogen and oxygen atoms in total. The Morgan fingerprint density at radius 1 is 1.36 bits per heavy atom. The smallest absolute Gasteiger partial charge is 0.211 e. The molecule has 0 N–H and O–H groups in total. The van der Waals surface area contributed by atoms with Crippen LogP contribution in [0.2, 0.25) is 0 Å². The molecule has 0 amide bonds. The van der Waals surface area contributed by atoms with Crippen LogP contribution < -0.4 is 0 Å². The van der Waals surface area contributed by atoms with E-state index in [0.29, 0.717) is 13.1 Å². The summed E-state index contributed by atoms with van der Waals surface area (Å²) in [5.41, 5.74) is 0.882. The van der Waals surface area contributed by atoms with E-state index in [4.69, 9.17) is 0 Å². The largest absolute Gasteiger partial charge is 0.235 e. The average Bonchev–Trinajstić information content (AvgIpc) is 2.01. The minimum Gasteiger partial charge on any atom is -0.211 e. The molecule has 0 atom stereocenters. The van der Waals surface area contributed by atoms with Crippen LogP contribution in [0.5, 0.6) is 0 Å². The Morgan fingerprint density at radius 2 is 2.00 bits per heavy atom. The minimum atomic E-state index is 0.295. The van der Waals surface area contributed by atoms with E-state index in [-0.39, 0.29) is 0 Å². The number of isocyanates is 2. The van der Waals surface area contributed by atoms with E-state index in [9.17, 15) is 9.59 Å². The first-order valence-electron chi connectivity index (χ1n) is 3.04. The van der Waals surface area contributed by atoms with E-state index in [2.05, 4.69) is 9.98 Å². The van der Waals surface area contributed by atoms with Crippen LogP contribution >= 0.6 is 0 Å². The lowest BCUT2D eigenvalue weighted by Gasteiger charge is -1.88. The first kappa shape index (κ1) is 9.50. The standard InChI is InChI=1S/C7H8N2O2/c1-7(4-9-6-11)2-3-8-5-10/h2H,3-4H2,1H3/b7-2+. The number of nitrogens with zero attached hydrogens (tertiary/aromatic N) is 2. The number of hydrogen-bond acceptors (Lipinski definition) is 4. The zero-order valence-corrected chi connectivity index (χ0v) is 6.20. The second-order valence-corrected chi connectivity index (χ2v) is 1.89. The van der Waals surface area contributed by atoms with Gasteiger partial charge < -0.3 is 0 Å². The number of carbonyl (C=O) groups excluding carboxylic acids is 2. The Morgan fingerprint density at radius 3 is 2.55 bits per heavy atom. The SMILES string of the molecule is C/C(=C\CN=C=O)CN=C=O. The Balaban J connectivity index is 3.79. The van der Waals surface area contributed by atoms with Crippen LogP contribution in [0.3, 0.4) is 0 Å². The Bertz CT molecular complexity index is 233. The zero-order chi connectivity index (χ0) is 8.53. The maximum absolute atomic E-state index is 9.63. The van der Waals surface area contributed by atoms with Crippen LogP contribution in [0.25, 0.3) is 0 Å². The van der Waals surface area contributed by atoms with Crippen molar-refractivity contribution in [2.45, 2.75) is 6.92 Å². The quantitative estimate of drug-likeness (QED) is 0.336. The van der Waals surface area contributed by atoms with E-state index in [1.54, 1.807) is 13.0 Å². The van der Waals surface area contributed by atoms with Crippen LogP contribution in [0.15, 0.2) is 21.6 Å². The Labute approximate surface area is 64.4 Å². The molecule has 0 aromatic rings. The fraction of sp³-hybridized carbons (Fsp3) is 0.429. The van der Waals surface area contributed by atoms with E-state index >= 15 is 0 Å². The van der Waals surface area contributed by atoms with E-state index in [0.717, 1.165) is 5.57 Å². The Hall–Kier alpha value is -1.50. The molecule has 0 saturated carbocycles. The fourth-order valence-electron chi connectivity index (χ4n) is 0.460. The molecule has 0 fully saturated rings. The van der Waals surface area contributed by atoms with Crippen LogP contribution in [0.4, 0.5) is 0 Å². The van der Waals surface area contributed by atoms with Crippen LogP contribution in [-0.4, -0.2) is 25.2 Å². The molecule has 0 aliphatic carbocycles. The van der Waals surface area contributed by atoms with Gasteiger partial charge in [0.1, 0.15) is 0 Å². The third kappa shape index (κ3) is 6.38. The maximum atomic E-state index is 9.63. The van der Waals surface area contributed by atoms with Gasteiger partial charge in [0.2, 0.25) is 12.2 Å². The van der Waals surface area contributed by atoms with Gasteiger partial charge in [0, 0.05) is 0 Å². The molecule has 0 aromatic heterocycles. The van der Waals surface area contributed by atoms with Crippen molar-refractivity contribution in [1.29, 1.82) is 0 Å². The van der Waals surface area contributed by atoms with Crippen molar-refractivity contribution >= 4 is 12.2 Å². The van der Waals surface area contributed by atoms with Gasteiger partial charge in [-0.25, -0.2) is 19.6 Å². The van der Waals surface area contributed by atoms with Gasteiger partial charge in [-0.3, -0.25) is 0 Å². The first-order chi connectivity index (χ1) is 5.31. The molecule has 0 heterocycles. The van der Waals surface area contributed by atoms with Crippen LogP contribution in [0, 0.1) is 0 Å². The van der Waals surface area contributed by atoms with Gasteiger partial charge in [0.25, 0.3) is 0 Å². The summed E-state index contributed by atoms with van der Waals surface area (Å²) in [6.07, 6.45) is 4.52. The van der Waals surface area contributed by atoms with Gasteiger partial charge in [-0.15, -0.1) is 0 Å². The molecular formula is C7H8N2O2. The van der Waals surface area contributed by atoms with Crippen LogP contribution in [-0.2, 0) is 9.59 Å². The third-order valence-corrected chi connectivity index (χ3v) is 0.989. The summed E-state index contributed by atoms with van der Waals surface area (Å²) in [7, 11) is 0. The van der Waals surface area contributed by atoms with Gasteiger partial charge in [0.15, 0.2) is 0 Å². The molecule has 0 aromatic carbocycles. The monoisotopic (exact) mass is 152 g/mol. The molecule has 0 spiro atoms. The summed E-state index contributed by atoms with van der Waals surface area (Å²) in [5, 5.41) is 0. The average molecular weight is 152 g/mol. The van der Waals surface area contributed by atoms with Crippen molar-refractivity contribution in [3.05, 3.63) is 11.6 Å². The molecule has 0 aliphatic rings. The Kier molecular flexibility index (Phi) is 5.72. The lowest BCUT2D eigenvalue weighted by molar-refractivity contribution is 0.562. The molecular weight excluding hydrogens is 144 g/mol. The van der Waals surface area contributed by atoms with Crippen molar-refractivity contribution in [3.63, 3.8) is 0 Å². The summed E-state index contributed by atoms with van der Waals surface area (Å²) in [5.74, 6) is 0. The summed E-state index contributed by atoms with van der Waals surface area (Å²) in [6.45, 7) is 2.41. The van der Waals surface area contributed by atoms with Gasteiger partial charge in [-0.1, -0.05) is 11.6 Å². The third-order valence-electron chi connectivity index (χ3n) is 0.989. The number of aliphatic imine (C=N–C) groups is 2. The molecule has 0 saturated heterocycles. The van der Waals surface area contributed by atoms with Crippen molar-refractivity contribution in [2.75, 3.05) is 13.1 Å². The highest BCUT2D eigenvalue weighted by molar-refractivity contribution is 5.34. The summed E-state index contributed by atoms with van der Waals surface area (Å²) >= 11 is 0. The lowest BCUT2D eigenvalue weighted by atomic mass is 10.3. The van der Waals surface area contributed by atoms with Crippen molar-refractivity contribution in [1.82, 2.24) is 0 Å². The molecule has 11 heavy (non-hydrogen) atoms. The maximum Gasteiger partial charge on any atom is 0.235 e. The normalized spacial score (nSPS) is 9.73. The molecule has 0 aliphatic heterocycles. The molecule has 0 rings (SSSR count). The second-order valence-electron chi connectivity index (χ2n) is 1.89. The van der Waals surface area contributed by atoms with E-state index in [1.165, 1.54) is 12.2 Å². The lowest BCUT2D eigenvalue weighted by Crippen LogP contribution is -1.83. The molecule has 0 unspecified atom stereocenters. The van der Waals surface area contributed by atoms with Gasteiger partial charge >= 0.3 is 0 Å². The highest BCUT2D eigenvalue weighted by atomic mass is 16.1. The highest BCUT2D eigenvalue weighted by Gasteiger charge is 1.84. The predicted octanol–water partition coefficient (Wildman–Crippen LogP) is 0.604. The van der Waals surface area contributed by atoms with Crippen molar-refractivity contribution in [3.8, 4) is 0 Å². The zero-order valence-electron chi connectivity index (χ0n) is 6.20. The summed E-state index contributed by atoms with van der Waals surface area (Å²) < 4.78 is 0. The summed E-state index contributed by atoms with van der Waals surface area (Å²) in [4.78, 5) is 25.9. The second kappa shape index (κ2) is 6.62. The van der Waals surface area contributed by atoms with E-state index in [1.807, 2.05) is 0 Å². The molecule has 0 radical (unpaired) electrons. The van der Waals surface area contributed by atoms with Gasteiger partial charge in [0.05, 0.1) is 13.1 Å². The van der Waals surface area contributed by atoms with Gasteiger partial charge in [-0.2, -0.15) is 0 Å². The number of rotatable bonds is 4. The number of hydrogen-bond donors (Lipinski definition) is 0. The van der Waals surface area contributed by atoms with Crippen molar-refractivity contribution < 1.29 is 9.59 Å². The topological polar surface area (TPSA) is 58.9 Å². The van der Waals surface area contributed by atoms with Crippen molar-refractivity contribution in [2.24, 2.45) is 9.98 Å². The highest BCUT2D eigenvalue weighted by Crippen LogP contribution is 1.91. The summed E-state index contributed by atoms with van der Waals surface area (Å²) in [6, 6.07) is 0. The fourth-order valence-corrected chi connectivity index (χ4v) is 0.460. The van der Waals surface area contributed by atoms with E-state index < -0.39 is 0 Å². The molecule has 0 bridgehead atoms. The molecule has 58 valence electrons. The first-order valence-corrected chi connectivity index (χ1v) is 3.04. The molecule has 4 heteroatoms. The van der Waals surface area contributed by atoms with Crippen LogP contribution in [0.1, 0.15) is 6.92 Å². The van der Waals surface area contributed by atoms with Gasteiger partial charge in [-0.05, 0) is 6.92 Å². The minimum absolute atomic E-state index is 0.295. The predicted molar refractivity (Wildman–Crippen MR) is 39.7 cm³/mol.